The van der Waals surface area contributed by atoms with Crippen LogP contribution >= 0.6 is 0 Å². The smallest absolute Gasteiger partial charge is 0.407 e. The summed E-state index contributed by atoms with van der Waals surface area (Å²) in [6.07, 6.45) is 1.72. The highest BCUT2D eigenvalue weighted by Crippen LogP contribution is 2.15. The molecule has 1 atom stereocenters. The minimum Gasteiger partial charge on any atom is -0.445 e. The molecule has 1 saturated heterocycles. The van der Waals surface area contributed by atoms with Crippen LogP contribution in [0.1, 0.15) is 25.3 Å². The number of benzene rings is 1. The number of hydrogen-bond acceptors (Lipinski definition) is 3. The molecule has 2 rings (SSSR count). The molecule has 0 saturated carbocycles. The van der Waals surface area contributed by atoms with Crippen LogP contribution in [0.3, 0.4) is 0 Å². The first-order valence-corrected chi connectivity index (χ1v) is 6.38. The standard InChI is InChI=1S/C14H20N2O2/c1-14(8-5-9-15-11-14)16-13(17)18-10-12-6-3-2-4-7-12/h2-4,6-7,15H,5,8-11H2,1H3,(H,16,17)/t14-/m1/s1. The summed E-state index contributed by atoms with van der Waals surface area (Å²) in [7, 11) is 0. The van der Waals surface area contributed by atoms with Crippen molar-refractivity contribution in [1.82, 2.24) is 10.6 Å². The lowest BCUT2D eigenvalue weighted by Crippen LogP contribution is -2.55. The van der Waals surface area contributed by atoms with Crippen LogP contribution in [0, 0.1) is 0 Å². The fourth-order valence-corrected chi connectivity index (χ4v) is 2.17. The maximum Gasteiger partial charge on any atom is 0.407 e. The third-order valence-corrected chi connectivity index (χ3v) is 3.21. The van der Waals surface area contributed by atoms with Gasteiger partial charge in [0.2, 0.25) is 0 Å². The average Bonchev–Trinajstić information content (AvgIpc) is 2.38. The van der Waals surface area contributed by atoms with Crippen molar-refractivity contribution in [1.29, 1.82) is 0 Å². The van der Waals surface area contributed by atoms with Gasteiger partial charge in [0.1, 0.15) is 6.61 Å². The van der Waals surface area contributed by atoms with Gasteiger partial charge in [0.25, 0.3) is 0 Å². The molecule has 1 aromatic carbocycles. The van der Waals surface area contributed by atoms with Crippen molar-refractivity contribution in [2.24, 2.45) is 0 Å². The van der Waals surface area contributed by atoms with Crippen LogP contribution in [0.2, 0.25) is 0 Å². The van der Waals surface area contributed by atoms with Crippen LogP contribution < -0.4 is 10.6 Å². The van der Waals surface area contributed by atoms with Crippen molar-refractivity contribution in [3.05, 3.63) is 35.9 Å². The molecule has 4 heteroatoms. The quantitative estimate of drug-likeness (QED) is 0.860. The Kier molecular flexibility index (Phi) is 4.20. The fourth-order valence-electron chi connectivity index (χ4n) is 2.17. The Bertz CT molecular complexity index is 386. The summed E-state index contributed by atoms with van der Waals surface area (Å²) in [5, 5.41) is 6.23. The summed E-state index contributed by atoms with van der Waals surface area (Å²) in [5.74, 6) is 0. The van der Waals surface area contributed by atoms with Crippen molar-refractivity contribution in [2.75, 3.05) is 13.1 Å². The van der Waals surface area contributed by atoms with Gasteiger partial charge in [0.05, 0.1) is 5.54 Å². The van der Waals surface area contributed by atoms with Gasteiger partial charge in [-0.15, -0.1) is 0 Å². The van der Waals surface area contributed by atoms with Gasteiger partial charge < -0.3 is 15.4 Å². The van der Waals surface area contributed by atoms with Crippen LogP contribution in [0.4, 0.5) is 4.79 Å². The van der Waals surface area contributed by atoms with Crippen molar-refractivity contribution >= 4 is 6.09 Å². The largest absolute Gasteiger partial charge is 0.445 e. The summed E-state index contributed by atoms with van der Waals surface area (Å²) in [5.41, 5.74) is 0.811. The van der Waals surface area contributed by atoms with Crippen molar-refractivity contribution in [2.45, 2.75) is 31.9 Å². The number of amides is 1. The molecule has 0 aromatic heterocycles. The maximum atomic E-state index is 11.7. The summed E-state index contributed by atoms with van der Waals surface area (Å²) in [6.45, 7) is 4.18. The molecule has 1 aliphatic heterocycles. The van der Waals surface area contributed by atoms with Crippen molar-refractivity contribution in [3.8, 4) is 0 Å². The Morgan fingerprint density at radius 2 is 2.22 bits per heavy atom. The molecule has 2 N–H and O–H groups in total. The average molecular weight is 248 g/mol. The van der Waals surface area contributed by atoms with Crippen molar-refractivity contribution < 1.29 is 9.53 Å². The topological polar surface area (TPSA) is 50.4 Å². The van der Waals surface area contributed by atoms with Gasteiger partial charge in [0.15, 0.2) is 0 Å². The number of carbonyl (C=O) groups excluding carboxylic acids is 1. The molecule has 1 aliphatic rings. The number of carbonyl (C=O) groups is 1. The monoisotopic (exact) mass is 248 g/mol. The molecule has 4 nitrogen and oxygen atoms in total. The van der Waals surface area contributed by atoms with E-state index >= 15 is 0 Å². The van der Waals surface area contributed by atoms with Crippen LogP contribution in [-0.2, 0) is 11.3 Å². The minimum absolute atomic E-state index is 0.188. The molecule has 0 bridgehead atoms. The van der Waals surface area contributed by atoms with E-state index in [1.807, 2.05) is 37.3 Å². The van der Waals surface area contributed by atoms with E-state index in [9.17, 15) is 4.79 Å². The maximum absolute atomic E-state index is 11.7. The molecular weight excluding hydrogens is 228 g/mol. The number of hydrogen-bond donors (Lipinski definition) is 2. The molecule has 0 aliphatic carbocycles. The molecular formula is C14H20N2O2. The van der Waals surface area contributed by atoms with Gasteiger partial charge in [-0.1, -0.05) is 30.3 Å². The lowest BCUT2D eigenvalue weighted by molar-refractivity contribution is 0.123. The molecule has 1 heterocycles. The van der Waals surface area contributed by atoms with Crippen LogP contribution in [0.15, 0.2) is 30.3 Å². The predicted molar refractivity (Wildman–Crippen MR) is 70.3 cm³/mol. The van der Waals surface area contributed by atoms with E-state index in [0.29, 0.717) is 6.61 Å². The molecule has 98 valence electrons. The van der Waals surface area contributed by atoms with Crippen LogP contribution in [-0.4, -0.2) is 24.7 Å². The van der Waals surface area contributed by atoms with Gasteiger partial charge in [0, 0.05) is 6.54 Å². The summed E-state index contributed by atoms with van der Waals surface area (Å²) in [4.78, 5) is 11.7. The molecule has 1 aromatic rings. The molecule has 0 radical (unpaired) electrons. The first-order valence-electron chi connectivity index (χ1n) is 6.38. The van der Waals surface area contributed by atoms with E-state index in [0.717, 1.165) is 31.5 Å². The Morgan fingerprint density at radius 3 is 2.89 bits per heavy atom. The van der Waals surface area contributed by atoms with Crippen LogP contribution in [0.5, 0.6) is 0 Å². The molecule has 1 fully saturated rings. The molecule has 0 unspecified atom stereocenters. The van der Waals surface area contributed by atoms with E-state index in [4.69, 9.17) is 4.74 Å². The first-order chi connectivity index (χ1) is 8.68. The third kappa shape index (κ3) is 3.74. The van der Waals surface area contributed by atoms with Gasteiger partial charge in [-0.3, -0.25) is 0 Å². The lowest BCUT2D eigenvalue weighted by Gasteiger charge is -2.34. The lowest BCUT2D eigenvalue weighted by atomic mass is 9.93. The Hall–Kier alpha value is -1.55. The predicted octanol–water partition coefficient (Wildman–Crippen LogP) is 2.05. The SMILES string of the molecule is C[C@@]1(NC(=O)OCc2ccccc2)CCCNC1. The summed E-state index contributed by atoms with van der Waals surface area (Å²) in [6, 6.07) is 9.69. The molecule has 18 heavy (non-hydrogen) atoms. The second-order valence-electron chi connectivity index (χ2n) is 5.03. The minimum atomic E-state index is -0.343. The second-order valence-corrected chi connectivity index (χ2v) is 5.03. The van der Waals surface area contributed by atoms with Gasteiger partial charge >= 0.3 is 6.09 Å². The van der Waals surface area contributed by atoms with E-state index < -0.39 is 0 Å². The van der Waals surface area contributed by atoms with Gasteiger partial charge in [-0.25, -0.2) is 4.79 Å². The zero-order valence-corrected chi connectivity index (χ0v) is 10.7. The number of rotatable bonds is 3. The molecule has 0 spiro atoms. The summed E-state index contributed by atoms with van der Waals surface area (Å²) < 4.78 is 5.22. The number of ether oxygens (including phenoxy) is 1. The van der Waals surface area contributed by atoms with Crippen LogP contribution in [0.25, 0.3) is 0 Å². The number of alkyl carbamates (subject to hydrolysis) is 1. The van der Waals surface area contributed by atoms with E-state index in [-0.39, 0.29) is 11.6 Å². The highest BCUT2D eigenvalue weighted by atomic mass is 16.5. The Morgan fingerprint density at radius 1 is 1.44 bits per heavy atom. The molecule has 1 amide bonds. The number of nitrogens with one attached hydrogen (secondary N) is 2. The highest BCUT2D eigenvalue weighted by molar-refractivity contribution is 5.68. The van der Waals surface area contributed by atoms with E-state index in [2.05, 4.69) is 10.6 Å². The van der Waals surface area contributed by atoms with Gasteiger partial charge in [-0.2, -0.15) is 0 Å². The Balaban J connectivity index is 1.78. The highest BCUT2D eigenvalue weighted by Gasteiger charge is 2.28. The third-order valence-electron chi connectivity index (χ3n) is 3.21. The zero-order valence-electron chi connectivity index (χ0n) is 10.7. The zero-order chi connectivity index (χ0) is 12.8. The Labute approximate surface area is 108 Å². The summed E-state index contributed by atoms with van der Waals surface area (Å²) >= 11 is 0. The van der Waals surface area contributed by atoms with E-state index in [1.165, 1.54) is 0 Å². The van der Waals surface area contributed by atoms with E-state index in [1.54, 1.807) is 0 Å². The normalized spacial score (nSPS) is 23.4. The first kappa shape index (κ1) is 12.9. The fraction of sp³-hybridized carbons (Fsp3) is 0.500. The van der Waals surface area contributed by atoms with Gasteiger partial charge in [-0.05, 0) is 31.9 Å². The van der Waals surface area contributed by atoms with Crippen molar-refractivity contribution in [3.63, 3.8) is 0 Å². The number of piperidine rings is 1. The second kappa shape index (κ2) is 5.87.